The molecule has 6 nitrogen and oxygen atoms in total. The number of nitrogens with one attached hydrogen (secondary N) is 1. The van der Waals surface area contributed by atoms with Crippen molar-refractivity contribution in [1.29, 1.82) is 0 Å². The van der Waals surface area contributed by atoms with Crippen molar-refractivity contribution in [3.63, 3.8) is 0 Å². The highest BCUT2D eigenvalue weighted by molar-refractivity contribution is 7.92. The number of hydrogen-bond donors (Lipinski definition) is 1. The summed E-state index contributed by atoms with van der Waals surface area (Å²) < 4.78 is 27.0. The van der Waals surface area contributed by atoms with E-state index in [1.807, 2.05) is 12.1 Å². The molecule has 0 aliphatic heterocycles. The predicted octanol–water partition coefficient (Wildman–Crippen LogP) is 3.74. The number of benzene rings is 2. The third-order valence-electron chi connectivity index (χ3n) is 3.36. The lowest BCUT2D eigenvalue weighted by Gasteiger charge is -2.09. The fourth-order valence-electron chi connectivity index (χ4n) is 2.10. The number of aryl methyl sites for hydroxylation is 1. The van der Waals surface area contributed by atoms with Gasteiger partial charge in [-0.25, -0.2) is 8.42 Å². The lowest BCUT2D eigenvalue weighted by molar-refractivity contribution is -0.385. The number of hydrogen-bond acceptors (Lipinski definition) is 4. The average molecular weight is 334 g/mol. The van der Waals surface area contributed by atoms with E-state index in [0.29, 0.717) is 5.69 Å². The minimum Gasteiger partial charge on any atom is -0.280 e. The third kappa shape index (κ3) is 4.53. The number of nitrogens with zero attached hydrogens (tertiary/aromatic N) is 1. The normalized spacial score (nSPS) is 11.2. The number of unbranched alkanes of at least 4 members (excludes halogenated alkanes) is 1. The summed E-state index contributed by atoms with van der Waals surface area (Å²) >= 11 is 0. The molecule has 0 atom stereocenters. The Morgan fingerprint density at radius 3 is 2.43 bits per heavy atom. The number of sulfonamides is 1. The first kappa shape index (κ1) is 17.0. The smallest absolute Gasteiger partial charge is 0.270 e. The Balaban J connectivity index is 2.17. The van der Waals surface area contributed by atoms with E-state index in [-0.39, 0.29) is 10.6 Å². The molecular weight excluding hydrogens is 316 g/mol. The van der Waals surface area contributed by atoms with Crippen LogP contribution in [0.2, 0.25) is 0 Å². The molecule has 0 aliphatic carbocycles. The first-order chi connectivity index (χ1) is 10.9. The Labute approximate surface area is 135 Å². The highest BCUT2D eigenvalue weighted by atomic mass is 32.2. The van der Waals surface area contributed by atoms with E-state index in [0.717, 1.165) is 30.9 Å². The molecule has 0 spiro atoms. The van der Waals surface area contributed by atoms with Crippen LogP contribution in [-0.4, -0.2) is 13.3 Å². The molecule has 0 saturated heterocycles. The van der Waals surface area contributed by atoms with Crippen molar-refractivity contribution < 1.29 is 13.3 Å². The van der Waals surface area contributed by atoms with Gasteiger partial charge in [-0.1, -0.05) is 31.5 Å². The SMILES string of the molecule is CCCCc1ccc(NS(=O)(=O)c2cccc([N+](=O)[O-])c2)cc1. The molecule has 2 aromatic rings. The second kappa shape index (κ2) is 7.23. The van der Waals surface area contributed by atoms with Crippen LogP contribution in [0.1, 0.15) is 25.3 Å². The number of rotatable bonds is 7. The maximum Gasteiger partial charge on any atom is 0.270 e. The molecule has 2 aromatic carbocycles. The Morgan fingerprint density at radius 2 is 1.83 bits per heavy atom. The number of anilines is 1. The van der Waals surface area contributed by atoms with Gasteiger partial charge in [0.25, 0.3) is 15.7 Å². The first-order valence-corrected chi connectivity index (χ1v) is 8.77. The fourth-order valence-corrected chi connectivity index (χ4v) is 3.20. The summed E-state index contributed by atoms with van der Waals surface area (Å²) in [6.07, 6.45) is 3.13. The molecule has 0 aliphatic rings. The summed E-state index contributed by atoms with van der Waals surface area (Å²) in [7, 11) is -3.85. The van der Waals surface area contributed by atoms with Gasteiger partial charge in [-0.3, -0.25) is 14.8 Å². The van der Waals surface area contributed by atoms with E-state index in [2.05, 4.69) is 11.6 Å². The van der Waals surface area contributed by atoms with Crippen LogP contribution >= 0.6 is 0 Å². The van der Waals surface area contributed by atoms with Crippen LogP contribution in [0.5, 0.6) is 0 Å². The summed E-state index contributed by atoms with van der Waals surface area (Å²) in [4.78, 5) is 9.99. The molecule has 23 heavy (non-hydrogen) atoms. The molecule has 0 unspecified atom stereocenters. The summed E-state index contributed by atoms with van der Waals surface area (Å²) in [5.41, 5.74) is 1.31. The first-order valence-electron chi connectivity index (χ1n) is 7.28. The van der Waals surface area contributed by atoms with Crippen LogP contribution in [0.4, 0.5) is 11.4 Å². The van der Waals surface area contributed by atoms with Crippen molar-refractivity contribution in [2.75, 3.05) is 4.72 Å². The molecule has 0 amide bonds. The Kier molecular flexibility index (Phi) is 5.33. The minimum absolute atomic E-state index is 0.137. The van der Waals surface area contributed by atoms with Crippen LogP contribution in [0.15, 0.2) is 53.4 Å². The van der Waals surface area contributed by atoms with E-state index >= 15 is 0 Å². The summed E-state index contributed by atoms with van der Waals surface area (Å²) in [5, 5.41) is 10.8. The van der Waals surface area contributed by atoms with Crippen molar-refractivity contribution in [2.24, 2.45) is 0 Å². The molecule has 0 saturated carbocycles. The largest absolute Gasteiger partial charge is 0.280 e. The highest BCUT2D eigenvalue weighted by Gasteiger charge is 2.17. The average Bonchev–Trinajstić information content (AvgIpc) is 2.54. The molecular formula is C16H18N2O4S. The van der Waals surface area contributed by atoms with E-state index in [1.54, 1.807) is 12.1 Å². The maximum atomic E-state index is 12.3. The summed E-state index contributed by atoms with van der Waals surface area (Å²) in [6.45, 7) is 2.11. The van der Waals surface area contributed by atoms with Crippen molar-refractivity contribution in [1.82, 2.24) is 0 Å². The van der Waals surface area contributed by atoms with Crippen molar-refractivity contribution in [3.8, 4) is 0 Å². The second-order valence-corrected chi connectivity index (χ2v) is 6.84. The molecule has 0 aromatic heterocycles. The molecule has 0 fully saturated rings. The van der Waals surface area contributed by atoms with Gasteiger partial charge in [0.05, 0.1) is 9.82 Å². The zero-order valence-corrected chi connectivity index (χ0v) is 13.5. The van der Waals surface area contributed by atoms with E-state index in [4.69, 9.17) is 0 Å². The van der Waals surface area contributed by atoms with Crippen molar-refractivity contribution in [2.45, 2.75) is 31.1 Å². The van der Waals surface area contributed by atoms with E-state index in [9.17, 15) is 18.5 Å². The Hall–Kier alpha value is -2.41. The van der Waals surface area contributed by atoms with Gasteiger partial charge < -0.3 is 0 Å². The van der Waals surface area contributed by atoms with Gasteiger partial charge >= 0.3 is 0 Å². The molecule has 2 rings (SSSR count). The van der Waals surface area contributed by atoms with Gasteiger partial charge in [-0.05, 0) is 36.6 Å². The Morgan fingerprint density at radius 1 is 1.13 bits per heavy atom. The van der Waals surface area contributed by atoms with Crippen molar-refractivity contribution >= 4 is 21.4 Å². The molecule has 0 heterocycles. The molecule has 7 heteroatoms. The van der Waals surface area contributed by atoms with Gasteiger partial charge in [-0.15, -0.1) is 0 Å². The third-order valence-corrected chi connectivity index (χ3v) is 4.74. The number of non-ortho nitro benzene ring substituents is 1. The lowest BCUT2D eigenvalue weighted by Crippen LogP contribution is -2.13. The van der Waals surface area contributed by atoms with Gasteiger partial charge in [0.2, 0.25) is 0 Å². The lowest BCUT2D eigenvalue weighted by atomic mass is 10.1. The van der Waals surface area contributed by atoms with Crippen LogP contribution in [-0.2, 0) is 16.4 Å². The van der Waals surface area contributed by atoms with Crippen LogP contribution in [0.25, 0.3) is 0 Å². The minimum atomic E-state index is -3.85. The van der Waals surface area contributed by atoms with E-state index in [1.165, 1.54) is 18.2 Å². The topological polar surface area (TPSA) is 89.3 Å². The Bertz CT molecular complexity index is 786. The summed E-state index contributed by atoms with van der Waals surface area (Å²) in [5.74, 6) is 0. The zero-order valence-electron chi connectivity index (χ0n) is 12.7. The zero-order chi connectivity index (χ0) is 16.9. The molecule has 1 N–H and O–H groups in total. The van der Waals surface area contributed by atoms with Gasteiger partial charge in [0.15, 0.2) is 0 Å². The van der Waals surface area contributed by atoms with E-state index < -0.39 is 14.9 Å². The van der Waals surface area contributed by atoms with Gasteiger partial charge in [0.1, 0.15) is 0 Å². The van der Waals surface area contributed by atoms with Gasteiger partial charge in [-0.2, -0.15) is 0 Å². The van der Waals surface area contributed by atoms with Crippen LogP contribution < -0.4 is 4.72 Å². The molecule has 0 radical (unpaired) electrons. The molecule has 0 bridgehead atoms. The standard InChI is InChI=1S/C16H18N2O4S/c1-2-3-5-13-8-10-14(11-9-13)17-23(21,22)16-7-4-6-15(12-16)18(19)20/h4,6-12,17H,2-3,5H2,1H3. The summed E-state index contributed by atoms with van der Waals surface area (Å²) in [6, 6.07) is 12.1. The fraction of sp³-hybridized carbons (Fsp3) is 0.250. The maximum absolute atomic E-state index is 12.3. The predicted molar refractivity (Wildman–Crippen MR) is 89.0 cm³/mol. The van der Waals surface area contributed by atoms with Gasteiger partial charge in [0, 0.05) is 17.8 Å². The quantitative estimate of drug-likeness (QED) is 0.617. The van der Waals surface area contributed by atoms with Crippen LogP contribution in [0, 0.1) is 10.1 Å². The second-order valence-electron chi connectivity index (χ2n) is 5.16. The van der Waals surface area contributed by atoms with Crippen LogP contribution in [0.3, 0.4) is 0 Å². The molecule has 122 valence electrons. The number of nitro groups is 1. The number of nitro benzene ring substituents is 1. The van der Waals surface area contributed by atoms with Crippen molar-refractivity contribution in [3.05, 3.63) is 64.2 Å². The monoisotopic (exact) mass is 334 g/mol. The highest BCUT2D eigenvalue weighted by Crippen LogP contribution is 2.21.